The van der Waals surface area contributed by atoms with Crippen molar-refractivity contribution in [3.05, 3.63) is 29.6 Å². The van der Waals surface area contributed by atoms with Gasteiger partial charge in [0.15, 0.2) is 0 Å². The first-order chi connectivity index (χ1) is 7.50. The summed E-state index contributed by atoms with van der Waals surface area (Å²) in [6.07, 6.45) is 2.22. The molecule has 0 bridgehead atoms. The summed E-state index contributed by atoms with van der Waals surface area (Å²) in [6.45, 7) is 5.22. The molecule has 2 rings (SSSR count). The number of halogens is 1. The van der Waals surface area contributed by atoms with Crippen molar-refractivity contribution in [1.82, 2.24) is 5.32 Å². The van der Waals surface area contributed by atoms with Crippen LogP contribution >= 0.6 is 0 Å². The first-order valence-electron chi connectivity index (χ1n) is 5.72. The van der Waals surface area contributed by atoms with Crippen molar-refractivity contribution in [3.8, 4) is 5.75 Å². The van der Waals surface area contributed by atoms with Gasteiger partial charge in [-0.15, -0.1) is 0 Å². The van der Waals surface area contributed by atoms with Gasteiger partial charge in [-0.3, -0.25) is 0 Å². The summed E-state index contributed by atoms with van der Waals surface area (Å²) in [5.41, 5.74) is 0.707. The third-order valence-corrected chi connectivity index (χ3v) is 3.42. The summed E-state index contributed by atoms with van der Waals surface area (Å²) in [7, 11) is 0. The fourth-order valence-electron chi connectivity index (χ4n) is 2.49. The molecule has 1 heterocycles. The van der Waals surface area contributed by atoms with Crippen LogP contribution in [0, 0.1) is 11.2 Å². The molecular formula is C13H18FNO. The van der Waals surface area contributed by atoms with Crippen LogP contribution in [0.4, 0.5) is 4.39 Å². The van der Waals surface area contributed by atoms with Gasteiger partial charge in [0.1, 0.15) is 11.6 Å². The highest BCUT2D eigenvalue weighted by atomic mass is 19.1. The second-order valence-corrected chi connectivity index (χ2v) is 5.19. The van der Waals surface area contributed by atoms with Crippen LogP contribution in [0.5, 0.6) is 5.75 Å². The average molecular weight is 223 g/mol. The van der Waals surface area contributed by atoms with E-state index in [9.17, 15) is 9.50 Å². The molecule has 0 aromatic heterocycles. The topological polar surface area (TPSA) is 32.3 Å². The molecule has 2 nitrogen and oxygen atoms in total. The fraction of sp³-hybridized carbons (Fsp3) is 0.538. The Morgan fingerprint density at radius 3 is 2.81 bits per heavy atom. The summed E-state index contributed by atoms with van der Waals surface area (Å²) in [5.74, 6) is -0.345. The van der Waals surface area contributed by atoms with Crippen LogP contribution < -0.4 is 5.32 Å². The largest absolute Gasteiger partial charge is 0.508 e. The van der Waals surface area contributed by atoms with E-state index in [4.69, 9.17) is 0 Å². The van der Waals surface area contributed by atoms with Gasteiger partial charge in [0.2, 0.25) is 0 Å². The maximum Gasteiger partial charge on any atom is 0.131 e. The highest BCUT2D eigenvalue weighted by Crippen LogP contribution is 2.41. The van der Waals surface area contributed by atoms with Crippen LogP contribution in [0.15, 0.2) is 18.2 Å². The van der Waals surface area contributed by atoms with E-state index in [1.807, 2.05) is 0 Å². The molecular weight excluding hydrogens is 205 g/mol. The number of hydrogen-bond donors (Lipinski definition) is 2. The number of aromatic hydroxyl groups is 1. The number of benzene rings is 1. The predicted molar refractivity (Wildman–Crippen MR) is 61.8 cm³/mol. The van der Waals surface area contributed by atoms with Crippen LogP contribution in [0.2, 0.25) is 0 Å². The monoisotopic (exact) mass is 223 g/mol. The Kier molecular flexibility index (Phi) is 2.89. The SMILES string of the molecule is CC1(C)CCCNC1c1ccc(O)cc1F. The maximum atomic E-state index is 13.8. The van der Waals surface area contributed by atoms with Crippen molar-refractivity contribution >= 4 is 0 Å². The second kappa shape index (κ2) is 4.06. The molecule has 1 saturated heterocycles. The highest BCUT2D eigenvalue weighted by Gasteiger charge is 2.34. The summed E-state index contributed by atoms with van der Waals surface area (Å²) in [6, 6.07) is 4.43. The van der Waals surface area contributed by atoms with E-state index < -0.39 is 0 Å². The normalized spacial score (nSPS) is 24.3. The van der Waals surface area contributed by atoms with E-state index in [1.165, 1.54) is 6.07 Å². The van der Waals surface area contributed by atoms with Crippen molar-refractivity contribution in [2.45, 2.75) is 32.7 Å². The van der Waals surface area contributed by atoms with E-state index in [2.05, 4.69) is 19.2 Å². The molecule has 3 heteroatoms. The summed E-state index contributed by atoms with van der Waals surface area (Å²) in [4.78, 5) is 0. The molecule has 1 unspecified atom stereocenters. The molecule has 0 aliphatic carbocycles. The summed E-state index contributed by atoms with van der Waals surface area (Å²) < 4.78 is 13.8. The van der Waals surface area contributed by atoms with E-state index >= 15 is 0 Å². The minimum Gasteiger partial charge on any atom is -0.508 e. The van der Waals surface area contributed by atoms with Crippen LogP contribution in [-0.2, 0) is 0 Å². The Hall–Kier alpha value is -1.09. The van der Waals surface area contributed by atoms with Crippen LogP contribution in [-0.4, -0.2) is 11.7 Å². The fourth-order valence-corrected chi connectivity index (χ4v) is 2.49. The molecule has 0 radical (unpaired) electrons. The zero-order valence-corrected chi connectivity index (χ0v) is 9.76. The smallest absolute Gasteiger partial charge is 0.131 e. The predicted octanol–water partition coefficient (Wildman–Crippen LogP) is 2.98. The standard InChI is InChI=1S/C13H18FNO/c1-13(2)6-3-7-15-12(13)10-5-4-9(16)8-11(10)14/h4-5,8,12,15-16H,3,6-7H2,1-2H3. The highest BCUT2D eigenvalue weighted by molar-refractivity contribution is 5.31. The van der Waals surface area contributed by atoms with Gasteiger partial charge in [-0.2, -0.15) is 0 Å². The van der Waals surface area contributed by atoms with Crippen LogP contribution in [0.3, 0.4) is 0 Å². The van der Waals surface area contributed by atoms with Gasteiger partial charge >= 0.3 is 0 Å². The van der Waals surface area contributed by atoms with Crippen LogP contribution in [0.25, 0.3) is 0 Å². The van der Waals surface area contributed by atoms with Crippen molar-refractivity contribution in [2.24, 2.45) is 5.41 Å². The number of phenols is 1. The first kappa shape index (κ1) is 11.4. The van der Waals surface area contributed by atoms with Crippen molar-refractivity contribution in [3.63, 3.8) is 0 Å². The molecule has 1 aromatic rings. The van der Waals surface area contributed by atoms with Gasteiger partial charge < -0.3 is 10.4 Å². The molecule has 0 saturated carbocycles. The number of piperidine rings is 1. The van der Waals surface area contributed by atoms with Crippen molar-refractivity contribution in [2.75, 3.05) is 6.54 Å². The van der Waals surface area contributed by atoms with Gasteiger partial charge in [-0.25, -0.2) is 4.39 Å². The third kappa shape index (κ3) is 2.05. The lowest BCUT2D eigenvalue weighted by atomic mass is 9.74. The van der Waals surface area contributed by atoms with Gasteiger partial charge in [-0.1, -0.05) is 19.9 Å². The van der Waals surface area contributed by atoms with E-state index in [0.29, 0.717) is 5.56 Å². The molecule has 0 spiro atoms. The number of hydrogen-bond acceptors (Lipinski definition) is 2. The van der Waals surface area contributed by atoms with Gasteiger partial charge in [0.25, 0.3) is 0 Å². The van der Waals surface area contributed by atoms with E-state index in [1.54, 1.807) is 12.1 Å². The molecule has 1 fully saturated rings. The Morgan fingerprint density at radius 2 is 2.19 bits per heavy atom. The van der Waals surface area contributed by atoms with E-state index in [0.717, 1.165) is 19.4 Å². The van der Waals surface area contributed by atoms with Crippen LogP contribution in [0.1, 0.15) is 38.3 Å². The molecule has 1 atom stereocenters. The van der Waals surface area contributed by atoms with Gasteiger partial charge in [0.05, 0.1) is 0 Å². The average Bonchev–Trinajstić information content (AvgIpc) is 2.19. The molecule has 1 aromatic carbocycles. The van der Waals surface area contributed by atoms with Gasteiger partial charge in [-0.05, 0) is 30.9 Å². The Labute approximate surface area is 95.5 Å². The number of rotatable bonds is 1. The lowest BCUT2D eigenvalue weighted by Gasteiger charge is -2.39. The minimum atomic E-state index is -0.326. The Bertz CT molecular complexity index is 390. The van der Waals surface area contributed by atoms with Crippen molar-refractivity contribution in [1.29, 1.82) is 0 Å². The second-order valence-electron chi connectivity index (χ2n) is 5.19. The molecule has 16 heavy (non-hydrogen) atoms. The maximum absolute atomic E-state index is 13.8. The molecule has 1 aliphatic heterocycles. The van der Waals surface area contributed by atoms with Crippen molar-refractivity contribution < 1.29 is 9.50 Å². The van der Waals surface area contributed by atoms with E-state index in [-0.39, 0.29) is 23.0 Å². The molecule has 0 amide bonds. The Balaban J connectivity index is 2.35. The Morgan fingerprint density at radius 1 is 1.44 bits per heavy atom. The number of phenolic OH excluding ortho intramolecular Hbond substituents is 1. The third-order valence-electron chi connectivity index (χ3n) is 3.42. The minimum absolute atomic E-state index is 0.0186. The molecule has 88 valence electrons. The zero-order valence-electron chi connectivity index (χ0n) is 9.76. The lowest BCUT2D eigenvalue weighted by molar-refractivity contribution is 0.177. The lowest BCUT2D eigenvalue weighted by Crippen LogP contribution is -2.40. The summed E-state index contributed by atoms with van der Waals surface area (Å²) in [5, 5.41) is 12.6. The molecule has 1 aliphatic rings. The number of nitrogens with one attached hydrogen (secondary N) is 1. The summed E-state index contributed by atoms with van der Waals surface area (Å²) >= 11 is 0. The first-order valence-corrected chi connectivity index (χ1v) is 5.72. The van der Waals surface area contributed by atoms with Gasteiger partial charge in [0, 0.05) is 17.7 Å². The quantitative estimate of drug-likeness (QED) is 0.767. The zero-order chi connectivity index (χ0) is 11.8. The molecule has 2 N–H and O–H groups in total.